The van der Waals surface area contributed by atoms with Crippen LogP contribution in [0.25, 0.3) is 5.57 Å². The van der Waals surface area contributed by atoms with Crippen LogP contribution in [0, 0.1) is 17.2 Å². The summed E-state index contributed by atoms with van der Waals surface area (Å²) < 4.78 is 0. The van der Waals surface area contributed by atoms with Gasteiger partial charge in [-0.3, -0.25) is 19.3 Å². The van der Waals surface area contributed by atoms with Gasteiger partial charge in [-0.15, -0.1) is 0 Å². The fraction of sp³-hybridized carbons (Fsp3) is 0.333. The number of ketones is 2. The highest BCUT2D eigenvalue weighted by Gasteiger charge is 2.38. The molecule has 1 aromatic rings. The van der Waals surface area contributed by atoms with Gasteiger partial charge in [-0.05, 0) is 56.6 Å². The van der Waals surface area contributed by atoms with Crippen molar-refractivity contribution in [3.05, 3.63) is 87.7 Å². The van der Waals surface area contributed by atoms with E-state index in [1.165, 1.54) is 19.0 Å². The molecule has 1 amide bonds. The second kappa shape index (κ2) is 12.7. The van der Waals surface area contributed by atoms with E-state index >= 15 is 0 Å². The molecule has 6 N–H and O–H groups in total. The second-order valence-corrected chi connectivity index (χ2v) is 10.4. The minimum Gasteiger partial charge on any atom is -0.511 e. The summed E-state index contributed by atoms with van der Waals surface area (Å²) in [5.74, 6) is -5.74. The highest BCUT2D eigenvalue weighted by molar-refractivity contribution is 6.20. The van der Waals surface area contributed by atoms with Gasteiger partial charge in [-0.1, -0.05) is 18.2 Å². The molecule has 0 bridgehead atoms. The Balaban J connectivity index is 2.27. The van der Waals surface area contributed by atoms with Crippen LogP contribution in [0.1, 0.15) is 30.4 Å². The third-order valence-corrected chi connectivity index (χ3v) is 7.11. The first kappa shape index (κ1) is 30.9. The number of carbonyl (C=O) groups excluding carboxylic acids is 3. The number of fused-ring (bicyclic) bond motifs is 1. The number of primary amides is 1. The molecule has 3 atom stereocenters. The van der Waals surface area contributed by atoms with Crippen molar-refractivity contribution in [1.29, 1.82) is 5.26 Å². The van der Waals surface area contributed by atoms with E-state index < -0.39 is 64.8 Å². The number of carbonyl (C=O) groups is 3. The molecule has 0 saturated carbocycles. The number of nitriles is 1. The molecule has 2 aliphatic carbocycles. The fourth-order valence-electron chi connectivity index (χ4n) is 5.08. The fourth-order valence-corrected chi connectivity index (χ4v) is 5.08. The molecule has 2 aliphatic rings. The predicted molar refractivity (Wildman–Crippen MR) is 151 cm³/mol. The number of rotatable bonds is 4. The van der Waals surface area contributed by atoms with Gasteiger partial charge in [-0.2, -0.15) is 5.26 Å². The highest BCUT2D eigenvalue weighted by Crippen LogP contribution is 2.34. The first-order valence-corrected chi connectivity index (χ1v) is 12.8. The van der Waals surface area contributed by atoms with Gasteiger partial charge >= 0.3 is 0 Å². The summed E-state index contributed by atoms with van der Waals surface area (Å²) in [4.78, 5) is 42.1. The van der Waals surface area contributed by atoms with Crippen molar-refractivity contribution in [2.24, 2.45) is 11.7 Å². The molecule has 3 rings (SSSR count). The van der Waals surface area contributed by atoms with E-state index in [9.17, 15) is 34.8 Å². The van der Waals surface area contributed by atoms with Gasteiger partial charge in [0.2, 0.25) is 0 Å². The summed E-state index contributed by atoms with van der Waals surface area (Å²) in [5.41, 5.74) is 6.21. The Kier molecular flexibility index (Phi) is 9.55. The summed E-state index contributed by atoms with van der Waals surface area (Å²) in [6, 6.07) is 7.21. The van der Waals surface area contributed by atoms with Crippen LogP contribution in [0.3, 0.4) is 0 Å². The van der Waals surface area contributed by atoms with Crippen molar-refractivity contribution >= 4 is 23.0 Å². The maximum absolute atomic E-state index is 13.6. The van der Waals surface area contributed by atoms with E-state index in [1.807, 2.05) is 6.07 Å². The highest BCUT2D eigenvalue weighted by atomic mass is 16.3. The van der Waals surface area contributed by atoms with Crippen LogP contribution in [0.15, 0.2) is 76.6 Å². The van der Waals surface area contributed by atoms with Gasteiger partial charge in [0.15, 0.2) is 11.6 Å². The molecule has 0 heterocycles. The molecule has 41 heavy (non-hydrogen) atoms. The summed E-state index contributed by atoms with van der Waals surface area (Å²) in [7, 11) is 6.63. The number of allylic oxidation sites excluding steroid dienone is 6. The van der Waals surface area contributed by atoms with Crippen LogP contribution in [0.4, 0.5) is 0 Å². The van der Waals surface area contributed by atoms with Crippen molar-refractivity contribution in [2.75, 3.05) is 28.2 Å². The number of nitrogens with zero attached hydrogens (tertiary/aromatic N) is 3. The number of aliphatic hydroxyl groups is 4. The number of likely N-dealkylation sites (N-methyl/N-ethyl adjacent to an activating group) is 2. The topological polar surface area (TPSA) is 188 Å². The number of benzene rings is 1. The molecule has 0 aliphatic heterocycles. The van der Waals surface area contributed by atoms with Crippen LogP contribution in [0.2, 0.25) is 0 Å². The molecule has 0 saturated heterocycles. The lowest BCUT2D eigenvalue weighted by molar-refractivity contribution is -0.121. The molecule has 11 nitrogen and oxygen atoms in total. The SMILES string of the molecule is CN(C)C1=C\C[C@H]2C[C@H](O)[C@H](N(C)C)/C(O)=C(/C(N)=O)C(=O)C/C(O)=C\2C(=O)/C=C(O)/C(c2ccc(C#N)cc2)=C\1. The normalized spacial score (nSPS) is 30.1. The van der Waals surface area contributed by atoms with Crippen LogP contribution in [-0.2, 0) is 14.4 Å². The first-order chi connectivity index (χ1) is 19.3. The van der Waals surface area contributed by atoms with Crippen molar-refractivity contribution in [2.45, 2.75) is 31.4 Å². The molecule has 0 unspecified atom stereocenters. The Labute approximate surface area is 238 Å². The predicted octanol–water partition coefficient (Wildman–Crippen LogP) is 2.18. The summed E-state index contributed by atoms with van der Waals surface area (Å²) in [5, 5.41) is 53.5. The largest absolute Gasteiger partial charge is 0.511 e. The lowest BCUT2D eigenvalue weighted by Gasteiger charge is -2.33. The zero-order valence-electron chi connectivity index (χ0n) is 23.3. The van der Waals surface area contributed by atoms with E-state index in [-0.39, 0.29) is 24.0 Å². The zero-order chi connectivity index (χ0) is 30.6. The Bertz CT molecular complexity index is 1440. The van der Waals surface area contributed by atoms with Gasteiger partial charge in [0.05, 0.1) is 30.2 Å². The molecular weight excluding hydrogens is 528 g/mol. The van der Waals surface area contributed by atoms with E-state index in [1.54, 1.807) is 55.4 Å². The third kappa shape index (κ3) is 6.74. The van der Waals surface area contributed by atoms with Gasteiger partial charge in [0.1, 0.15) is 22.9 Å². The standard InChI is InChI=1S/C30H34N4O7/c1-33(2)19-10-9-18-11-25(39)28(34(3)4)29(40)27(30(32)41)24(38)14-23(37)26(18)22(36)13-21(35)20(12-19)17-7-5-16(15-31)6-8-17/h5-8,10,12-13,18,25,28,35,37,39-40H,9,11,14H2,1-4H3,(H2,32,41)/b19-10-,20-12-,21-13-,26-23-,29-27-/t18-,25-,28-/m0/s1. The lowest BCUT2D eigenvalue weighted by Crippen LogP contribution is -2.44. The quantitative estimate of drug-likeness (QED) is 0.340. The Morgan fingerprint density at radius 1 is 1.05 bits per heavy atom. The smallest absolute Gasteiger partial charge is 0.255 e. The zero-order valence-corrected chi connectivity index (χ0v) is 23.3. The number of amides is 1. The molecule has 0 radical (unpaired) electrons. The molecular formula is C30H34N4O7. The maximum Gasteiger partial charge on any atom is 0.255 e. The molecule has 0 aromatic heterocycles. The minimum absolute atomic E-state index is 0.128. The van der Waals surface area contributed by atoms with Gasteiger partial charge in [-0.25, -0.2) is 0 Å². The van der Waals surface area contributed by atoms with Gasteiger partial charge < -0.3 is 31.1 Å². The van der Waals surface area contributed by atoms with Crippen molar-refractivity contribution in [1.82, 2.24) is 9.80 Å². The molecule has 11 heteroatoms. The third-order valence-electron chi connectivity index (χ3n) is 7.11. The van der Waals surface area contributed by atoms with Crippen LogP contribution >= 0.6 is 0 Å². The van der Waals surface area contributed by atoms with Crippen LogP contribution in [0.5, 0.6) is 0 Å². The monoisotopic (exact) mass is 562 g/mol. The number of hydrogen-bond donors (Lipinski definition) is 5. The second-order valence-electron chi connectivity index (χ2n) is 10.4. The maximum atomic E-state index is 13.6. The van der Waals surface area contributed by atoms with Crippen molar-refractivity contribution in [3.8, 4) is 6.07 Å². The number of hydrogen-bond acceptors (Lipinski definition) is 10. The van der Waals surface area contributed by atoms with Crippen molar-refractivity contribution in [3.63, 3.8) is 0 Å². The van der Waals surface area contributed by atoms with E-state index in [0.29, 0.717) is 16.8 Å². The molecule has 0 fully saturated rings. The molecule has 216 valence electrons. The van der Waals surface area contributed by atoms with Gasteiger partial charge in [0.25, 0.3) is 5.91 Å². The average Bonchev–Trinajstić information content (AvgIpc) is 2.87. The van der Waals surface area contributed by atoms with Crippen molar-refractivity contribution < 1.29 is 34.8 Å². The van der Waals surface area contributed by atoms with E-state index in [2.05, 4.69) is 0 Å². The molecule has 0 spiro atoms. The van der Waals surface area contributed by atoms with E-state index in [4.69, 9.17) is 11.0 Å². The molecule has 1 aromatic carbocycles. The Hall–Kier alpha value is -4.66. The van der Waals surface area contributed by atoms with Gasteiger partial charge in [0, 0.05) is 37.0 Å². The Morgan fingerprint density at radius 3 is 2.22 bits per heavy atom. The summed E-state index contributed by atoms with van der Waals surface area (Å²) in [6.45, 7) is 0. The van der Waals surface area contributed by atoms with E-state index in [0.717, 1.165) is 6.08 Å². The Morgan fingerprint density at radius 2 is 1.68 bits per heavy atom. The summed E-state index contributed by atoms with van der Waals surface area (Å²) in [6.07, 6.45) is 2.13. The number of aliphatic hydroxyl groups excluding tert-OH is 4. The lowest BCUT2D eigenvalue weighted by atomic mass is 9.81. The first-order valence-electron chi connectivity index (χ1n) is 12.8. The number of Topliss-reactive ketones (excluding diaryl/α,β-unsaturated/α-hetero) is 1. The van der Waals surface area contributed by atoms with Crippen LogP contribution < -0.4 is 5.73 Å². The minimum atomic E-state index is -1.40. The number of nitrogens with two attached hydrogens (primary N) is 1. The van der Waals surface area contributed by atoms with Crippen LogP contribution in [-0.4, -0.2) is 88.0 Å². The average molecular weight is 563 g/mol. The summed E-state index contributed by atoms with van der Waals surface area (Å²) >= 11 is 0.